The third kappa shape index (κ3) is 4.58. The highest BCUT2D eigenvalue weighted by atomic mass is 32.2. The molecule has 0 saturated carbocycles. The highest BCUT2D eigenvalue weighted by molar-refractivity contribution is 7.90. The topological polar surface area (TPSA) is 114 Å². The maximum atomic E-state index is 12.2. The van der Waals surface area contributed by atoms with E-state index >= 15 is 0 Å². The second-order valence-corrected chi connectivity index (χ2v) is 8.22. The predicted octanol–water partition coefficient (Wildman–Crippen LogP) is 3.53. The van der Waals surface area contributed by atoms with E-state index in [1.165, 1.54) is 6.07 Å². The molecule has 0 unspecified atom stereocenters. The molecule has 10 heteroatoms. The molecule has 8 nitrogen and oxygen atoms in total. The number of anilines is 3. The fraction of sp³-hybridized carbons (Fsp3) is 0.222. The van der Waals surface area contributed by atoms with Crippen LogP contribution in [0, 0.1) is 13.8 Å². The molecular weight excluding hydrogens is 387 g/mol. The zero-order valence-electron chi connectivity index (χ0n) is 15.9. The monoisotopic (exact) mass is 408 g/mol. The summed E-state index contributed by atoms with van der Waals surface area (Å²) >= 11 is 0. The van der Waals surface area contributed by atoms with E-state index in [2.05, 4.69) is 15.3 Å². The van der Waals surface area contributed by atoms with Crippen LogP contribution in [0.3, 0.4) is 0 Å². The number of aryl methyl sites for hydroxylation is 2. The second-order valence-electron chi connectivity index (χ2n) is 6.21. The minimum absolute atomic E-state index is 0.205. The van der Waals surface area contributed by atoms with E-state index in [1.54, 1.807) is 50.1 Å². The average Bonchev–Trinajstić information content (AvgIpc) is 2.62. The number of carbonyl (C=O) groups excluding carboxylic acids is 1. The lowest BCUT2D eigenvalue weighted by molar-refractivity contribution is -0.0544. The number of nitrogens with zero attached hydrogens (tertiary/aromatic N) is 2. The summed E-state index contributed by atoms with van der Waals surface area (Å²) in [5.41, 5.74) is 8.73. The minimum atomic E-state index is -3.32. The van der Waals surface area contributed by atoms with Gasteiger partial charge in [-0.2, -0.15) is 0 Å². The van der Waals surface area contributed by atoms with E-state index < -0.39 is 15.9 Å². The molecule has 2 rings (SSSR count). The minimum Gasteiger partial charge on any atom is -0.390 e. The Bertz CT molecular complexity index is 1040. The molecule has 0 heterocycles. The van der Waals surface area contributed by atoms with Crippen LogP contribution in [0.1, 0.15) is 11.1 Å². The summed E-state index contributed by atoms with van der Waals surface area (Å²) in [7, 11) is -1.54. The normalized spacial score (nSPS) is 11.5. The van der Waals surface area contributed by atoms with Gasteiger partial charge in [0.2, 0.25) is 0 Å². The van der Waals surface area contributed by atoms with Gasteiger partial charge in [-0.15, -0.1) is 0 Å². The van der Waals surface area contributed by atoms with Crippen LogP contribution < -0.4 is 16.0 Å². The number of hydrogen-bond acceptors (Lipinski definition) is 6. The molecule has 28 heavy (non-hydrogen) atoms. The summed E-state index contributed by atoms with van der Waals surface area (Å²) in [6.45, 7) is 3.55. The molecule has 2 aromatic rings. The van der Waals surface area contributed by atoms with Crippen molar-refractivity contribution in [2.24, 2.45) is 10.7 Å². The lowest BCUT2D eigenvalue weighted by Gasteiger charge is -2.24. The summed E-state index contributed by atoms with van der Waals surface area (Å²) in [4.78, 5) is 20.5. The van der Waals surface area contributed by atoms with Crippen LogP contribution in [0.5, 0.6) is 0 Å². The molecule has 2 aromatic carbocycles. The highest BCUT2D eigenvalue weighted by Crippen LogP contribution is 2.37. The fourth-order valence-corrected chi connectivity index (χ4v) is 3.50. The van der Waals surface area contributed by atoms with Crippen molar-refractivity contribution >= 4 is 45.0 Å². The molecule has 0 fully saturated rings. The molecule has 0 radical (unpaired) electrons. The molecule has 0 aromatic heterocycles. The average molecular weight is 408 g/mol. The summed E-state index contributed by atoms with van der Waals surface area (Å²) in [6, 6.07) is 8.18. The number of nitrogens with two attached hydrogens (primary N) is 1. The number of halogens is 1. The van der Waals surface area contributed by atoms with Crippen molar-refractivity contribution in [3.05, 3.63) is 41.5 Å². The third-order valence-electron chi connectivity index (χ3n) is 4.14. The van der Waals surface area contributed by atoms with E-state index in [0.717, 1.165) is 23.8 Å². The van der Waals surface area contributed by atoms with Gasteiger partial charge in [-0.25, -0.2) is 23.1 Å². The maximum Gasteiger partial charge on any atom is 0.449 e. The molecule has 0 aliphatic rings. The van der Waals surface area contributed by atoms with Gasteiger partial charge in [0, 0.05) is 29.2 Å². The number of carbonyl (C=O) groups is 1. The van der Waals surface area contributed by atoms with Crippen LogP contribution in [-0.2, 0) is 14.8 Å². The van der Waals surface area contributed by atoms with Crippen LogP contribution in [-0.4, -0.2) is 34.2 Å². The van der Waals surface area contributed by atoms with Crippen LogP contribution in [0.15, 0.2) is 40.2 Å². The Morgan fingerprint density at radius 3 is 2.46 bits per heavy atom. The van der Waals surface area contributed by atoms with Crippen molar-refractivity contribution < 1.29 is 22.7 Å². The first-order chi connectivity index (χ1) is 13.1. The number of sulfone groups is 1. The predicted molar refractivity (Wildman–Crippen MR) is 107 cm³/mol. The molecule has 0 aliphatic heterocycles. The summed E-state index contributed by atoms with van der Waals surface area (Å²) in [5, 5.41) is 2.26. The standard InChI is InChI=1S/C18H21FN4O4S/c1-11-8-14(28(4,25)26)5-6-16(11)23(3)13-7-12(2)17(21-10-20)15(9-13)22-18(24)27-19/h5-10H,1-4H3,(H2,20,21)(H,22,24). The van der Waals surface area contributed by atoms with Gasteiger partial charge in [-0.05, 0) is 55.3 Å². The van der Waals surface area contributed by atoms with Gasteiger partial charge >= 0.3 is 6.09 Å². The molecule has 0 bridgehead atoms. The third-order valence-corrected chi connectivity index (χ3v) is 5.25. The van der Waals surface area contributed by atoms with Gasteiger partial charge in [0.15, 0.2) is 9.84 Å². The molecular formula is C18H21FN4O4S. The van der Waals surface area contributed by atoms with Gasteiger partial charge < -0.3 is 10.6 Å². The van der Waals surface area contributed by atoms with Gasteiger partial charge in [0.1, 0.15) is 0 Å². The van der Waals surface area contributed by atoms with Gasteiger partial charge in [-0.3, -0.25) is 5.32 Å². The largest absolute Gasteiger partial charge is 0.449 e. The number of benzene rings is 2. The lowest BCUT2D eigenvalue weighted by Crippen LogP contribution is -2.14. The van der Waals surface area contributed by atoms with Crippen LogP contribution in [0.4, 0.5) is 32.1 Å². The van der Waals surface area contributed by atoms with Gasteiger partial charge in [0.25, 0.3) is 0 Å². The molecule has 3 N–H and O–H groups in total. The van der Waals surface area contributed by atoms with Crippen molar-refractivity contribution in [2.75, 3.05) is 23.5 Å². The van der Waals surface area contributed by atoms with Crippen LogP contribution in [0.2, 0.25) is 0 Å². The Morgan fingerprint density at radius 2 is 1.93 bits per heavy atom. The number of nitrogens with one attached hydrogen (secondary N) is 1. The Labute approximate surface area is 162 Å². The van der Waals surface area contributed by atoms with E-state index in [0.29, 0.717) is 16.9 Å². The van der Waals surface area contributed by atoms with Crippen molar-refractivity contribution in [3.63, 3.8) is 0 Å². The molecule has 0 atom stereocenters. The van der Waals surface area contributed by atoms with E-state index in [1.807, 2.05) is 0 Å². The zero-order valence-corrected chi connectivity index (χ0v) is 16.7. The van der Waals surface area contributed by atoms with E-state index in [-0.39, 0.29) is 10.6 Å². The van der Waals surface area contributed by atoms with Gasteiger partial charge in [0.05, 0.1) is 22.6 Å². The lowest BCUT2D eigenvalue weighted by atomic mass is 10.1. The SMILES string of the molecule is Cc1cc(S(C)(=O)=O)ccc1N(C)c1cc(C)c(N=CN)c(NC(=O)OF)c1. The van der Waals surface area contributed by atoms with E-state index in [9.17, 15) is 17.7 Å². The number of hydrogen-bond donors (Lipinski definition) is 2. The van der Waals surface area contributed by atoms with Crippen molar-refractivity contribution in [1.29, 1.82) is 0 Å². The first-order valence-electron chi connectivity index (χ1n) is 8.11. The number of amides is 1. The first kappa shape index (κ1) is 21.2. The zero-order chi connectivity index (χ0) is 21.1. The Kier molecular flexibility index (Phi) is 6.24. The van der Waals surface area contributed by atoms with Gasteiger partial charge in [-0.1, -0.05) is 0 Å². The Morgan fingerprint density at radius 1 is 1.25 bits per heavy atom. The Balaban J connectivity index is 2.53. The van der Waals surface area contributed by atoms with Crippen molar-refractivity contribution in [1.82, 2.24) is 0 Å². The molecule has 0 aliphatic carbocycles. The molecule has 0 saturated heterocycles. The quantitative estimate of drug-likeness (QED) is 0.578. The molecule has 0 spiro atoms. The second kappa shape index (κ2) is 8.26. The van der Waals surface area contributed by atoms with Crippen molar-refractivity contribution in [2.45, 2.75) is 18.7 Å². The van der Waals surface area contributed by atoms with E-state index in [4.69, 9.17) is 5.73 Å². The summed E-state index contributed by atoms with van der Waals surface area (Å²) < 4.78 is 35.6. The van der Waals surface area contributed by atoms with Crippen LogP contribution >= 0.6 is 0 Å². The first-order valence-corrected chi connectivity index (χ1v) is 10.0. The Hall–Kier alpha value is -3.14. The summed E-state index contributed by atoms with van der Waals surface area (Å²) in [6.07, 6.45) is 0.917. The smallest absolute Gasteiger partial charge is 0.390 e. The number of rotatable bonds is 5. The van der Waals surface area contributed by atoms with Crippen LogP contribution in [0.25, 0.3) is 0 Å². The molecule has 150 valence electrons. The summed E-state index contributed by atoms with van der Waals surface area (Å²) in [5.74, 6) is 0. The number of aliphatic imine (C=N–C) groups is 1. The highest BCUT2D eigenvalue weighted by Gasteiger charge is 2.16. The maximum absolute atomic E-state index is 12.2. The fourth-order valence-electron chi connectivity index (χ4n) is 2.80. The van der Waals surface area contributed by atoms with Crippen molar-refractivity contribution in [3.8, 4) is 0 Å². The molecule has 1 amide bonds.